The van der Waals surface area contributed by atoms with Crippen molar-refractivity contribution >= 4 is 34.2 Å². The number of aromatic nitrogens is 2. The first-order valence-corrected chi connectivity index (χ1v) is 8.51. The van der Waals surface area contributed by atoms with Crippen LogP contribution in [0.5, 0.6) is 0 Å². The first-order chi connectivity index (χ1) is 11.2. The van der Waals surface area contributed by atoms with E-state index in [2.05, 4.69) is 27.7 Å². The standard InChI is InChI=1S/C18H14IN3O/c19-14-6-8-15(9-7-14)21-11-10-13-12-20-22(17(13)18(21)23)16-4-2-1-3-5-16/h1-9,12H,10-11H2. The molecule has 0 spiro atoms. The van der Waals surface area contributed by atoms with Gasteiger partial charge in [0.2, 0.25) is 0 Å². The molecule has 0 bridgehead atoms. The van der Waals surface area contributed by atoms with E-state index in [1.54, 1.807) is 4.68 Å². The molecule has 114 valence electrons. The fraction of sp³-hybridized carbons (Fsp3) is 0.111. The third kappa shape index (κ3) is 2.55. The molecule has 1 aliphatic rings. The van der Waals surface area contributed by atoms with E-state index in [0.717, 1.165) is 26.9 Å². The molecule has 1 aliphatic heterocycles. The first kappa shape index (κ1) is 14.4. The summed E-state index contributed by atoms with van der Waals surface area (Å²) in [5.74, 6) is 0.00816. The van der Waals surface area contributed by atoms with Gasteiger partial charge in [-0.25, -0.2) is 4.68 Å². The average Bonchev–Trinajstić information content (AvgIpc) is 3.02. The highest BCUT2D eigenvalue weighted by molar-refractivity contribution is 14.1. The summed E-state index contributed by atoms with van der Waals surface area (Å²) >= 11 is 2.27. The fourth-order valence-electron chi connectivity index (χ4n) is 2.89. The zero-order valence-electron chi connectivity index (χ0n) is 12.3. The minimum absolute atomic E-state index is 0.00816. The monoisotopic (exact) mass is 415 g/mol. The van der Waals surface area contributed by atoms with E-state index < -0.39 is 0 Å². The molecule has 0 N–H and O–H groups in total. The van der Waals surface area contributed by atoms with Gasteiger partial charge in [0, 0.05) is 21.4 Å². The van der Waals surface area contributed by atoms with Crippen LogP contribution in [0, 0.1) is 3.57 Å². The van der Waals surface area contributed by atoms with Gasteiger partial charge in [-0.15, -0.1) is 0 Å². The number of carbonyl (C=O) groups is 1. The summed E-state index contributed by atoms with van der Waals surface area (Å²) in [7, 11) is 0. The number of carbonyl (C=O) groups excluding carboxylic acids is 1. The summed E-state index contributed by atoms with van der Waals surface area (Å²) in [6.45, 7) is 0.687. The van der Waals surface area contributed by atoms with Crippen molar-refractivity contribution in [3.05, 3.63) is 75.6 Å². The zero-order valence-corrected chi connectivity index (χ0v) is 14.5. The van der Waals surface area contributed by atoms with E-state index in [9.17, 15) is 4.79 Å². The predicted molar refractivity (Wildman–Crippen MR) is 98.1 cm³/mol. The molecule has 0 aliphatic carbocycles. The number of amides is 1. The smallest absolute Gasteiger partial charge is 0.277 e. The van der Waals surface area contributed by atoms with Crippen molar-refractivity contribution in [2.45, 2.75) is 6.42 Å². The average molecular weight is 415 g/mol. The molecule has 2 aromatic carbocycles. The van der Waals surface area contributed by atoms with E-state index >= 15 is 0 Å². The van der Waals surface area contributed by atoms with Crippen molar-refractivity contribution in [1.29, 1.82) is 0 Å². The van der Waals surface area contributed by atoms with Crippen molar-refractivity contribution in [3.8, 4) is 5.69 Å². The number of para-hydroxylation sites is 1. The maximum atomic E-state index is 13.0. The molecule has 5 heteroatoms. The third-order valence-electron chi connectivity index (χ3n) is 4.04. The SMILES string of the molecule is O=C1c2c(cnn2-c2ccccc2)CCN1c1ccc(I)cc1. The number of benzene rings is 2. The van der Waals surface area contributed by atoms with Crippen LogP contribution in [0.25, 0.3) is 5.69 Å². The minimum atomic E-state index is 0.00816. The Kier molecular flexibility index (Phi) is 3.65. The molecule has 1 aromatic heterocycles. The molecule has 4 nitrogen and oxygen atoms in total. The maximum absolute atomic E-state index is 13.0. The number of nitrogens with zero attached hydrogens (tertiary/aromatic N) is 3. The lowest BCUT2D eigenvalue weighted by atomic mass is 10.1. The number of halogens is 1. The van der Waals surface area contributed by atoms with Crippen LogP contribution >= 0.6 is 22.6 Å². The molecular formula is C18H14IN3O. The topological polar surface area (TPSA) is 38.1 Å². The van der Waals surface area contributed by atoms with Gasteiger partial charge in [0.15, 0.2) is 0 Å². The minimum Gasteiger partial charge on any atom is -0.307 e. The number of hydrogen-bond donors (Lipinski definition) is 0. The van der Waals surface area contributed by atoms with Gasteiger partial charge >= 0.3 is 0 Å². The molecule has 3 aromatic rings. The second-order valence-electron chi connectivity index (χ2n) is 5.45. The summed E-state index contributed by atoms with van der Waals surface area (Å²) in [4.78, 5) is 14.9. The summed E-state index contributed by atoms with van der Waals surface area (Å²) < 4.78 is 2.90. The second kappa shape index (κ2) is 5.81. The number of anilines is 1. The Balaban J connectivity index is 1.76. The van der Waals surface area contributed by atoms with E-state index in [-0.39, 0.29) is 5.91 Å². The Labute approximate surface area is 147 Å². The molecule has 1 amide bonds. The number of rotatable bonds is 2. The van der Waals surface area contributed by atoms with E-state index in [4.69, 9.17) is 0 Å². The van der Waals surface area contributed by atoms with Gasteiger partial charge in [-0.3, -0.25) is 4.79 Å². The van der Waals surface area contributed by atoms with Crippen molar-refractivity contribution < 1.29 is 4.79 Å². The van der Waals surface area contributed by atoms with Crippen LogP contribution in [-0.2, 0) is 6.42 Å². The van der Waals surface area contributed by atoms with Crippen molar-refractivity contribution in [1.82, 2.24) is 9.78 Å². The Bertz CT molecular complexity index is 856. The quantitative estimate of drug-likeness (QED) is 0.599. The molecule has 23 heavy (non-hydrogen) atoms. The lowest BCUT2D eigenvalue weighted by Crippen LogP contribution is -2.38. The molecule has 0 saturated carbocycles. The van der Waals surface area contributed by atoms with Crippen LogP contribution in [0.1, 0.15) is 16.1 Å². The molecule has 0 saturated heterocycles. The van der Waals surface area contributed by atoms with Gasteiger partial charge in [0.1, 0.15) is 5.69 Å². The molecule has 4 rings (SSSR count). The highest BCUT2D eigenvalue weighted by atomic mass is 127. The largest absolute Gasteiger partial charge is 0.307 e. The Morgan fingerprint density at radius 3 is 2.43 bits per heavy atom. The maximum Gasteiger partial charge on any atom is 0.277 e. The Morgan fingerprint density at radius 2 is 1.70 bits per heavy atom. The van der Waals surface area contributed by atoms with Gasteiger partial charge < -0.3 is 4.90 Å². The molecule has 2 heterocycles. The molecular weight excluding hydrogens is 401 g/mol. The van der Waals surface area contributed by atoms with Crippen LogP contribution in [0.3, 0.4) is 0 Å². The summed E-state index contributed by atoms with van der Waals surface area (Å²) in [5.41, 5.74) is 3.52. The van der Waals surface area contributed by atoms with Gasteiger partial charge in [-0.05, 0) is 65.4 Å². The molecule has 0 fully saturated rings. The van der Waals surface area contributed by atoms with Crippen LogP contribution in [-0.4, -0.2) is 22.2 Å². The zero-order chi connectivity index (χ0) is 15.8. The highest BCUT2D eigenvalue weighted by Crippen LogP contribution is 2.26. The normalized spacial score (nSPS) is 14.0. The van der Waals surface area contributed by atoms with Gasteiger partial charge in [0.05, 0.1) is 11.9 Å². The Morgan fingerprint density at radius 1 is 0.957 bits per heavy atom. The second-order valence-corrected chi connectivity index (χ2v) is 6.69. The van der Waals surface area contributed by atoms with Crippen LogP contribution in [0.4, 0.5) is 5.69 Å². The summed E-state index contributed by atoms with van der Waals surface area (Å²) in [5, 5.41) is 4.43. The van der Waals surface area contributed by atoms with Gasteiger partial charge in [-0.2, -0.15) is 5.10 Å². The van der Waals surface area contributed by atoms with Crippen molar-refractivity contribution in [3.63, 3.8) is 0 Å². The number of fused-ring (bicyclic) bond motifs is 1. The molecule has 0 unspecified atom stereocenters. The third-order valence-corrected chi connectivity index (χ3v) is 4.76. The van der Waals surface area contributed by atoms with Crippen LogP contribution in [0.15, 0.2) is 60.8 Å². The number of hydrogen-bond acceptors (Lipinski definition) is 2. The summed E-state index contributed by atoms with van der Waals surface area (Å²) in [6.07, 6.45) is 2.63. The summed E-state index contributed by atoms with van der Waals surface area (Å²) in [6, 6.07) is 17.8. The lowest BCUT2D eigenvalue weighted by Gasteiger charge is -2.27. The van der Waals surface area contributed by atoms with E-state index in [1.807, 2.05) is 65.7 Å². The van der Waals surface area contributed by atoms with Gasteiger partial charge in [-0.1, -0.05) is 18.2 Å². The molecule has 0 atom stereocenters. The van der Waals surface area contributed by atoms with E-state index in [1.165, 1.54) is 0 Å². The predicted octanol–water partition coefficient (Wildman–Crippen LogP) is 3.68. The van der Waals surface area contributed by atoms with Crippen molar-refractivity contribution in [2.75, 3.05) is 11.4 Å². The van der Waals surface area contributed by atoms with Gasteiger partial charge in [0.25, 0.3) is 5.91 Å². The highest BCUT2D eigenvalue weighted by Gasteiger charge is 2.30. The first-order valence-electron chi connectivity index (χ1n) is 7.44. The van der Waals surface area contributed by atoms with Crippen LogP contribution < -0.4 is 4.90 Å². The van der Waals surface area contributed by atoms with Crippen molar-refractivity contribution in [2.24, 2.45) is 0 Å². The molecule has 0 radical (unpaired) electrons. The lowest BCUT2D eigenvalue weighted by molar-refractivity contribution is 0.0973. The van der Waals surface area contributed by atoms with E-state index in [0.29, 0.717) is 12.2 Å². The Hall–Kier alpha value is -2.15. The fourth-order valence-corrected chi connectivity index (χ4v) is 3.25. The van der Waals surface area contributed by atoms with Crippen LogP contribution in [0.2, 0.25) is 0 Å².